The second-order valence-corrected chi connectivity index (χ2v) is 5.14. The Kier molecular flexibility index (Phi) is 3.32. The van der Waals surface area contributed by atoms with Gasteiger partial charge in [-0.3, -0.25) is 9.48 Å². The number of carboxylic acids is 1. The average Bonchev–Trinajstić information content (AvgIpc) is 3.03. The number of fused-ring (bicyclic) bond motifs is 1. The van der Waals surface area contributed by atoms with Gasteiger partial charge in [-0.1, -0.05) is 0 Å². The SMILES string of the molecule is CNc1cc(-c2c(C)nn(CC(=O)O)c2C)c2cc[nH]c2n1. The minimum atomic E-state index is -0.908. The summed E-state index contributed by atoms with van der Waals surface area (Å²) in [6, 6.07) is 3.92. The molecule has 0 aliphatic carbocycles. The van der Waals surface area contributed by atoms with Gasteiger partial charge in [0.25, 0.3) is 0 Å². The number of aryl methyl sites for hydroxylation is 1. The fourth-order valence-electron chi connectivity index (χ4n) is 2.74. The normalized spacial score (nSPS) is 11.0. The van der Waals surface area contributed by atoms with Gasteiger partial charge in [0.1, 0.15) is 18.0 Å². The lowest BCUT2D eigenvalue weighted by Gasteiger charge is -2.08. The minimum Gasteiger partial charge on any atom is -0.480 e. The quantitative estimate of drug-likeness (QED) is 0.686. The van der Waals surface area contributed by atoms with Crippen LogP contribution in [0.15, 0.2) is 18.3 Å². The monoisotopic (exact) mass is 299 g/mol. The zero-order valence-electron chi connectivity index (χ0n) is 12.6. The molecule has 0 unspecified atom stereocenters. The Balaban J connectivity index is 2.25. The third kappa shape index (κ3) is 2.20. The molecule has 0 saturated carbocycles. The van der Waals surface area contributed by atoms with Crippen molar-refractivity contribution in [3.63, 3.8) is 0 Å². The van der Waals surface area contributed by atoms with Crippen LogP contribution in [0.4, 0.5) is 5.82 Å². The van der Waals surface area contributed by atoms with Crippen LogP contribution < -0.4 is 5.32 Å². The number of nitrogens with zero attached hydrogens (tertiary/aromatic N) is 3. The molecule has 0 aliphatic heterocycles. The number of anilines is 1. The predicted molar refractivity (Wildman–Crippen MR) is 84.0 cm³/mol. The van der Waals surface area contributed by atoms with Gasteiger partial charge in [-0.25, -0.2) is 4.98 Å². The van der Waals surface area contributed by atoms with Gasteiger partial charge < -0.3 is 15.4 Å². The van der Waals surface area contributed by atoms with E-state index in [2.05, 4.69) is 20.4 Å². The number of aromatic amines is 1. The molecule has 0 aromatic carbocycles. The molecule has 3 aromatic rings. The smallest absolute Gasteiger partial charge is 0.325 e. The van der Waals surface area contributed by atoms with Crippen molar-refractivity contribution in [2.24, 2.45) is 0 Å². The number of H-pyrrole nitrogens is 1. The van der Waals surface area contributed by atoms with Gasteiger partial charge in [0.05, 0.1) is 5.69 Å². The molecule has 0 atom stereocenters. The second kappa shape index (κ2) is 5.18. The van der Waals surface area contributed by atoms with Gasteiger partial charge >= 0.3 is 5.97 Å². The molecule has 0 saturated heterocycles. The van der Waals surface area contributed by atoms with Gasteiger partial charge in [-0.05, 0) is 31.5 Å². The number of carboxylic acid groups (broad SMARTS) is 1. The summed E-state index contributed by atoms with van der Waals surface area (Å²) in [6.45, 7) is 3.63. The fourth-order valence-corrected chi connectivity index (χ4v) is 2.74. The Bertz CT molecular complexity index is 862. The number of aliphatic carboxylic acids is 1. The lowest BCUT2D eigenvalue weighted by molar-refractivity contribution is -0.137. The first kappa shape index (κ1) is 14.1. The molecule has 3 N–H and O–H groups in total. The summed E-state index contributed by atoms with van der Waals surface area (Å²) in [7, 11) is 1.81. The van der Waals surface area contributed by atoms with Crippen molar-refractivity contribution < 1.29 is 9.90 Å². The summed E-state index contributed by atoms with van der Waals surface area (Å²) in [6.07, 6.45) is 1.84. The predicted octanol–water partition coefficient (Wildman–Crippen LogP) is 2.17. The molecule has 3 heterocycles. The van der Waals surface area contributed by atoms with Crippen LogP contribution in [-0.4, -0.2) is 37.9 Å². The summed E-state index contributed by atoms with van der Waals surface area (Å²) in [4.78, 5) is 18.5. The molecule has 22 heavy (non-hydrogen) atoms. The van der Waals surface area contributed by atoms with E-state index in [4.69, 9.17) is 5.11 Å². The van der Waals surface area contributed by atoms with E-state index in [9.17, 15) is 4.79 Å². The zero-order valence-corrected chi connectivity index (χ0v) is 12.6. The summed E-state index contributed by atoms with van der Waals surface area (Å²) in [5, 5.41) is 17.4. The first-order valence-electron chi connectivity index (χ1n) is 6.93. The van der Waals surface area contributed by atoms with Crippen molar-refractivity contribution in [2.75, 3.05) is 12.4 Å². The molecule has 0 aliphatic rings. The fraction of sp³-hybridized carbons (Fsp3) is 0.267. The highest BCUT2D eigenvalue weighted by Crippen LogP contribution is 2.34. The number of hydrogen-bond donors (Lipinski definition) is 3. The number of aromatic nitrogens is 4. The van der Waals surface area contributed by atoms with Crippen molar-refractivity contribution in [1.29, 1.82) is 0 Å². The number of rotatable bonds is 4. The Morgan fingerprint density at radius 3 is 2.91 bits per heavy atom. The van der Waals surface area contributed by atoms with Crippen LogP contribution in [0.1, 0.15) is 11.4 Å². The highest BCUT2D eigenvalue weighted by molar-refractivity contribution is 5.96. The third-order valence-corrected chi connectivity index (χ3v) is 3.72. The maximum atomic E-state index is 11.0. The van der Waals surface area contributed by atoms with Crippen LogP contribution in [0.5, 0.6) is 0 Å². The standard InChI is InChI=1S/C15H17N5O2/c1-8-14(9(2)20(19-8)7-13(21)22)11-6-12(16-3)18-15-10(11)4-5-17-15/h4-6H,7H2,1-3H3,(H,21,22)(H2,16,17,18). The van der Waals surface area contributed by atoms with E-state index in [1.54, 1.807) is 0 Å². The molecule has 3 aromatic heterocycles. The second-order valence-electron chi connectivity index (χ2n) is 5.14. The van der Waals surface area contributed by atoms with E-state index in [-0.39, 0.29) is 6.54 Å². The molecular weight excluding hydrogens is 282 g/mol. The molecular formula is C15H17N5O2. The molecule has 0 bridgehead atoms. The van der Waals surface area contributed by atoms with E-state index in [1.165, 1.54) is 4.68 Å². The summed E-state index contributed by atoms with van der Waals surface area (Å²) >= 11 is 0. The number of nitrogens with one attached hydrogen (secondary N) is 2. The van der Waals surface area contributed by atoms with Crippen molar-refractivity contribution in [1.82, 2.24) is 19.7 Å². The molecule has 0 fully saturated rings. The highest BCUT2D eigenvalue weighted by Gasteiger charge is 2.18. The molecule has 0 spiro atoms. The molecule has 7 heteroatoms. The summed E-state index contributed by atoms with van der Waals surface area (Å²) in [5.74, 6) is -0.163. The Morgan fingerprint density at radius 2 is 2.23 bits per heavy atom. The van der Waals surface area contributed by atoms with Gasteiger partial charge in [0, 0.05) is 29.9 Å². The molecule has 0 radical (unpaired) electrons. The lowest BCUT2D eigenvalue weighted by Crippen LogP contribution is -2.11. The van der Waals surface area contributed by atoms with Crippen LogP contribution >= 0.6 is 0 Å². The van der Waals surface area contributed by atoms with Gasteiger partial charge in [-0.15, -0.1) is 0 Å². The van der Waals surface area contributed by atoms with E-state index >= 15 is 0 Å². The van der Waals surface area contributed by atoms with Crippen molar-refractivity contribution >= 4 is 22.8 Å². The van der Waals surface area contributed by atoms with Crippen LogP contribution in [0.2, 0.25) is 0 Å². The first-order chi connectivity index (χ1) is 10.5. The van der Waals surface area contributed by atoms with Crippen molar-refractivity contribution in [2.45, 2.75) is 20.4 Å². The number of pyridine rings is 1. The number of carbonyl (C=O) groups is 1. The van der Waals surface area contributed by atoms with Gasteiger partial charge in [0.2, 0.25) is 0 Å². The molecule has 114 valence electrons. The first-order valence-corrected chi connectivity index (χ1v) is 6.93. The number of hydrogen-bond acceptors (Lipinski definition) is 4. The Hall–Kier alpha value is -2.83. The molecule has 7 nitrogen and oxygen atoms in total. The Labute approximate surface area is 127 Å². The van der Waals surface area contributed by atoms with Crippen LogP contribution in [0, 0.1) is 13.8 Å². The third-order valence-electron chi connectivity index (χ3n) is 3.72. The highest BCUT2D eigenvalue weighted by atomic mass is 16.4. The van der Waals surface area contributed by atoms with Crippen LogP contribution in [0.3, 0.4) is 0 Å². The van der Waals surface area contributed by atoms with E-state index < -0.39 is 5.97 Å². The lowest BCUT2D eigenvalue weighted by atomic mass is 10.0. The molecule has 3 rings (SSSR count). The summed E-state index contributed by atoms with van der Waals surface area (Å²) < 4.78 is 1.52. The summed E-state index contributed by atoms with van der Waals surface area (Å²) in [5.41, 5.74) is 4.35. The van der Waals surface area contributed by atoms with Gasteiger partial charge in [0.15, 0.2) is 0 Å². The minimum absolute atomic E-state index is 0.146. The zero-order chi connectivity index (χ0) is 15.9. The maximum absolute atomic E-state index is 11.0. The van der Waals surface area contributed by atoms with Crippen LogP contribution in [0.25, 0.3) is 22.2 Å². The van der Waals surface area contributed by atoms with E-state index in [0.717, 1.165) is 39.4 Å². The van der Waals surface area contributed by atoms with Crippen molar-refractivity contribution in [3.05, 3.63) is 29.7 Å². The Morgan fingerprint density at radius 1 is 1.45 bits per heavy atom. The topological polar surface area (TPSA) is 95.8 Å². The maximum Gasteiger partial charge on any atom is 0.325 e. The van der Waals surface area contributed by atoms with Crippen LogP contribution in [-0.2, 0) is 11.3 Å². The largest absolute Gasteiger partial charge is 0.480 e. The average molecular weight is 299 g/mol. The molecule has 0 amide bonds. The van der Waals surface area contributed by atoms with E-state index in [1.807, 2.05) is 39.2 Å². The van der Waals surface area contributed by atoms with Crippen molar-refractivity contribution in [3.8, 4) is 11.1 Å². The van der Waals surface area contributed by atoms with Gasteiger partial charge in [-0.2, -0.15) is 5.10 Å². The van der Waals surface area contributed by atoms with E-state index in [0.29, 0.717) is 0 Å².